The molecule has 0 amide bonds. The second-order valence-corrected chi connectivity index (χ2v) is 18.8. The van der Waals surface area contributed by atoms with Crippen molar-refractivity contribution >= 4 is 89.8 Å². The lowest BCUT2D eigenvalue weighted by Crippen LogP contribution is -2.62. The van der Waals surface area contributed by atoms with Gasteiger partial charge in [0.15, 0.2) is 0 Å². The van der Waals surface area contributed by atoms with E-state index in [1.54, 1.807) is 0 Å². The first-order valence-corrected chi connectivity index (χ1v) is 22.5. The summed E-state index contributed by atoms with van der Waals surface area (Å²) in [4.78, 5) is 0. The van der Waals surface area contributed by atoms with Gasteiger partial charge in [-0.2, -0.15) is 0 Å². The van der Waals surface area contributed by atoms with Gasteiger partial charge in [0.05, 0.1) is 11.0 Å². The lowest BCUT2D eigenvalue weighted by molar-refractivity contribution is 0.465. The Morgan fingerprint density at radius 2 is 0.781 bits per heavy atom. The Balaban J connectivity index is 1.04. The van der Waals surface area contributed by atoms with Crippen LogP contribution in [0, 0.1) is 27.7 Å². The van der Waals surface area contributed by atoms with E-state index in [0.29, 0.717) is 0 Å². The number of fused-ring (bicyclic) bond motifs is 14. The Morgan fingerprint density at radius 1 is 0.344 bits per heavy atom. The molecule has 64 heavy (non-hydrogen) atoms. The van der Waals surface area contributed by atoms with E-state index >= 15 is 0 Å². The third kappa shape index (κ3) is 4.45. The van der Waals surface area contributed by atoms with Crippen LogP contribution < -0.4 is 42.3 Å². The van der Waals surface area contributed by atoms with Gasteiger partial charge in [-0.1, -0.05) is 113 Å². The second-order valence-electron chi connectivity index (χ2n) is 18.8. The first-order valence-electron chi connectivity index (χ1n) is 22.5. The molecule has 15 rings (SSSR count). The Morgan fingerprint density at radius 3 is 1.23 bits per heavy atom. The average molecular weight is 817 g/mol. The molecule has 4 aliphatic rings. The van der Waals surface area contributed by atoms with E-state index in [1.807, 2.05) is 0 Å². The van der Waals surface area contributed by atoms with Gasteiger partial charge in [0.1, 0.15) is 23.0 Å². The summed E-state index contributed by atoms with van der Waals surface area (Å²) in [6, 6.07) is 58.9. The first kappa shape index (κ1) is 34.8. The molecule has 0 atom stereocenters. The Bertz CT molecular complexity index is 3700. The average Bonchev–Trinajstić information content (AvgIpc) is 3.80. The van der Waals surface area contributed by atoms with E-state index in [-0.39, 0.29) is 13.4 Å². The van der Waals surface area contributed by atoms with Crippen molar-refractivity contribution in [2.75, 3.05) is 0 Å². The van der Waals surface area contributed by atoms with Crippen molar-refractivity contribution in [1.29, 1.82) is 0 Å². The van der Waals surface area contributed by atoms with E-state index in [4.69, 9.17) is 9.47 Å². The second kappa shape index (κ2) is 12.1. The molecule has 0 radical (unpaired) electrons. The smallest absolute Gasteiger partial charge is 0.256 e. The first-order chi connectivity index (χ1) is 31.3. The molecular weight excluding hydrogens is 778 g/mol. The quantitative estimate of drug-likeness (QED) is 0.163. The Kier molecular flexibility index (Phi) is 6.57. The maximum absolute atomic E-state index is 7.28. The molecule has 9 aromatic carbocycles. The molecule has 11 aromatic rings. The van der Waals surface area contributed by atoms with Gasteiger partial charge < -0.3 is 18.6 Å². The normalized spacial score (nSPS) is 13.5. The lowest BCUT2D eigenvalue weighted by Gasteiger charge is -2.37. The SMILES string of the molecule is Cc1ccc2c(c1)c1cc(C)cc3c1n2-c1cc(-c2ccccc2)cc2c1B3c1cc3c(cc1O2)Oc1cc(-c2ccccc2)cc2c1B3c1cc(C)cc3c4cc(C)ccc4n-2c13. The molecule has 0 saturated carbocycles. The Hall–Kier alpha value is -7.69. The number of nitrogens with zero attached hydrogens (tertiary/aromatic N) is 2. The summed E-state index contributed by atoms with van der Waals surface area (Å²) < 4.78 is 19.6. The topological polar surface area (TPSA) is 28.3 Å². The summed E-state index contributed by atoms with van der Waals surface area (Å²) in [5, 5.41) is 5.16. The molecule has 2 aromatic heterocycles. The van der Waals surface area contributed by atoms with Crippen LogP contribution in [-0.2, 0) is 0 Å². The molecule has 0 spiro atoms. The Labute approximate surface area is 371 Å². The largest absolute Gasteiger partial charge is 0.458 e. The number of aryl methyl sites for hydroxylation is 4. The monoisotopic (exact) mass is 816 g/mol. The van der Waals surface area contributed by atoms with Crippen LogP contribution in [-0.4, -0.2) is 22.6 Å². The molecule has 0 N–H and O–H groups in total. The molecule has 0 bridgehead atoms. The van der Waals surface area contributed by atoms with Gasteiger partial charge >= 0.3 is 0 Å². The van der Waals surface area contributed by atoms with Gasteiger partial charge in [0.2, 0.25) is 0 Å². The van der Waals surface area contributed by atoms with E-state index in [9.17, 15) is 0 Å². The van der Waals surface area contributed by atoms with Crippen LogP contribution in [0.2, 0.25) is 0 Å². The summed E-state index contributed by atoms with van der Waals surface area (Å²) in [6.45, 7) is 8.79. The van der Waals surface area contributed by atoms with Gasteiger partial charge in [-0.05, 0) is 143 Å². The predicted octanol–water partition coefficient (Wildman–Crippen LogP) is 10.3. The molecule has 6 heteroatoms. The van der Waals surface area contributed by atoms with Crippen LogP contribution in [0.5, 0.6) is 23.0 Å². The molecular formula is C58H38B2N2O2. The zero-order chi connectivity index (χ0) is 42.3. The minimum Gasteiger partial charge on any atom is -0.458 e. The fourth-order valence-electron chi connectivity index (χ4n) is 12.2. The van der Waals surface area contributed by atoms with E-state index in [0.717, 1.165) is 45.3 Å². The van der Waals surface area contributed by atoms with Crippen molar-refractivity contribution in [3.8, 4) is 56.6 Å². The fourth-order valence-corrected chi connectivity index (χ4v) is 12.2. The molecule has 4 aliphatic heterocycles. The predicted molar refractivity (Wildman–Crippen MR) is 267 cm³/mol. The highest BCUT2D eigenvalue weighted by molar-refractivity contribution is 7.02. The number of ether oxygens (including phenoxy) is 2. The standard InChI is InChI=1S/C58H38B2N2O2/c1-31-15-17-47-39(19-31)41-21-33(3)23-45-57(41)61(47)49-25-37(35-11-7-5-8-12-35)27-53-55(49)59(45)43-29-44-52(30-51(43)63-53)64-54-28-38(36-13-9-6-10-14-36)26-50-56(54)60(44)46-24-34(4)22-42-40-20-32(2)16-18-48(40)62(50)58(42)46/h5-30H,1-4H3. The highest BCUT2D eigenvalue weighted by atomic mass is 16.5. The fraction of sp³-hybridized carbons (Fsp3) is 0.0690. The maximum Gasteiger partial charge on any atom is 0.256 e. The number of rotatable bonds is 2. The maximum atomic E-state index is 7.28. The number of benzene rings is 9. The highest BCUT2D eigenvalue weighted by Crippen LogP contribution is 2.44. The van der Waals surface area contributed by atoms with Gasteiger partial charge in [-0.15, -0.1) is 0 Å². The van der Waals surface area contributed by atoms with Crippen molar-refractivity contribution in [3.63, 3.8) is 0 Å². The summed E-state index contributed by atoms with van der Waals surface area (Å²) in [5.74, 6) is 3.48. The minimum absolute atomic E-state index is 0.0546. The van der Waals surface area contributed by atoms with E-state index in [2.05, 4.69) is 195 Å². The van der Waals surface area contributed by atoms with Crippen molar-refractivity contribution in [2.24, 2.45) is 0 Å². The summed E-state index contributed by atoms with van der Waals surface area (Å²) in [6.07, 6.45) is 0. The molecule has 0 aliphatic carbocycles. The van der Waals surface area contributed by atoms with Crippen molar-refractivity contribution in [2.45, 2.75) is 27.7 Å². The van der Waals surface area contributed by atoms with Crippen molar-refractivity contribution < 1.29 is 9.47 Å². The van der Waals surface area contributed by atoms with Crippen LogP contribution in [0.3, 0.4) is 0 Å². The number of hydrogen-bond donors (Lipinski definition) is 0. The van der Waals surface area contributed by atoms with Crippen LogP contribution in [0.15, 0.2) is 158 Å². The zero-order valence-electron chi connectivity index (χ0n) is 35.9. The molecule has 0 saturated heterocycles. The van der Waals surface area contributed by atoms with Gasteiger partial charge in [0.25, 0.3) is 13.4 Å². The summed E-state index contributed by atoms with van der Waals surface area (Å²) in [5.41, 5.74) is 24.4. The summed E-state index contributed by atoms with van der Waals surface area (Å²) >= 11 is 0. The molecule has 0 fully saturated rings. The number of hydrogen-bond acceptors (Lipinski definition) is 2. The van der Waals surface area contributed by atoms with Crippen LogP contribution >= 0.6 is 0 Å². The van der Waals surface area contributed by atoms with Crippen molar-refractivity contribution in [1.82, 2.24) is 9.13 Å². The number of aromatic nitrogens is 2. The lowest BCUT2D eigenvalue weighted by atomic mass is 9.31. The van der Waals surface area contributed by atoms with E-state index in [1.165, 1.54) is 110 Å². The highest BCUT2D eigenvalue weighted by Gasteiger charge is 2.46. The van der Waals surface area contributed by atoms with Gasteiger partial charge in [0, 0.05) is 50.0 Å². The van der Waals surface area contributed by atoms with Crippen LogP contribution in [0.1, 0.15) is 22.3 Å². The molecule has 0 unspecified atom stereocenters. The van der Waals surface area contributed by atoms with Gasteiger partial charge in [-0.25, -0.2) is 0 Å². The minimum atomic E-state index is -0.0546. The van der Waals surface area contributed by atoms with Gasteiger partial charge in [-0.3, -0.25) is 0 Å². The molecule has 6 heterocycles. The van der Waals surface area contributed by atoms with Crippen LogP contribution in [0.25, 0.3) is 77.2 Å². The third-order valence-corrected chi connectivity index (χ3v) is 14.7. The molecule has 298 valence electrons. The zero-order valence-corrected chi connectivity index (χ0v) is 35.9. The van der Waals surface area contributed by atoms with Crippen molar-refractivity contribution in [3.05, 3.63) is 180 Å². The van der Waals surface area contributed by atoms with E-state index < -0.39 is 0 Å². The van der Waals surface area contributed by atoms with Crippen LogP contribution in [0.4, 0.5) is 0 Å². The summed E-state index contributed by atoms with van der Waals surface area (Å²) in [7, 11) is 0. The third-order valence-electron chi connectivity index (χ3n) is 14.7. The molecule has 4 nitrogen and oxygen atoms in total.